The minimum atomic E-state index is -4.64. The molecule has 2 aliphatic heterocycles. The van der Waals surface area contributed by atoms with Crippen molar-refractivity contribution in [3.05, 3.63) is 241 Å². The number of benzene rings is 7. The lowest BCUT2D eigenvalue weighted by Gasteiger charge is -2.35. The average Bonchev–Trinajstić information content (AvgIpc) is 3.83. The van der Waals surface area contributed by atoms with Crippen LogP contribution in [0.15, 0.2) is 213 Å². The van der Waals surface area contributed by atoms with E-state index in [1.807, 2.05) is 194 Å². The van der Waals surface area contributed by atoms with E-state index in [2.05, 4.69) is 47.8 Å². The first kappa shape index (κ1) is 37.6. The molecule has 0 atom stereocenters. The predicted molar refractivity (Wildman–Crippen MR) is 250 cm³/mol. The van der Waals surface area contributed by atoms with Gasteiger partial charge in [0.25, 0.3) is 0 Å². The van der Waals surface area contributed by atoms with E-state index in [0.717, 1.165) is 63.5 Å². The molecule has 10 rings (SSSR count). The number of aromatic nitrogens is 1. The van der Waals surface area contributed by atoms with Gasteiger partial charge in [-0.3, -0.25) is 0 Å². The molecule has 2 aliphatic rings. The lowest BCUT2D eigenvalue weighted by atomic mass is 9.81. The molecule has 0 aliphatic carbocycles. The van der Waals surface area contributed by atoms with Crippen LogP contribution in [0.4, 0.5) is 8.63 Å². The van der Waals surface area contributed by atoms with Gasteiger partial charge >= 0.3 is 6.97 Å². The quantitative estimate of drug-likeness (QED) is 0.141. The summed E-state index contributed by atoms with van der Waals surface area (Å²) in [4.78, 5) is 0. The minimum Gasteiger partial charge on any atom is -0.389 e. The highest BCUT2D eigenvalue weighted by atomic mass is 79.9. The summed E-state index contributed by atoms with van der Waals surface area (Å²) < 4.78 is 44.2. The standard InChI is InChI=1S/C51H32BBr3F2N2/c53-40-27-21-35(22-28-40)45-43(33-13-5-1-6-14-33)48(38-17-9-3-10-18-38)58-50(45)47(37-25-31-42(55)32-26-37)51-46(36-23-29-41(54)30-24-36)44(34-15-7-2-8-16-34)49(59(51)52(58,56)57)39-19-11-4-12-20-39/h1-32H. The molecule has 0 bridgehead atoms. The molecular weight excluding hydrogens is 929 g/mol. The van der Waals surface area contributed by atoms with E-state index in [9.17, 15) is 0 Å². The zero-order valence-electron chi connectivity index (χ0n) is 31.3. The molecule has 0 saturated carbocycles. The number of hydrogen-bond donors (Lipinski definition) is 0. The van der Waals surface area contributed by atoms with Gasteiger partial charge in [-0.25, -0.2) is 0 Å². The maximum atomic E-state index is 19.4. The average molecular weight is 961 g/mol. The molecule has 284 valence electrons. The molecule has 0 spiro atoms. The zero-order chi connectivity index (χ0) is 40.3. The molecule has 0 radical (unpaired) electrons. The van der Waals surface area contributed by atoms with Crippen LogP contribution < -0.4 is 0 Å². The van der Waals surface area contributed by atoms with E-state index in [-0.39, 0.29) is 0 Å². The highest BCUT2D eigenvalue weighted by Crippen LogP contribution is 2.57. The van der Waals surface area contributed by atoms with Gasteiger partial charge in [-0.2, -0.15) is 0 Å². The van der Waals surface area contributed by atoms with E-state index in [1.54, 1.807) is 0 Å². The Balaban J connectivity index is 1.50. The lowest BCUT2D eigenvalue weighted by Crippen LogP contribution is -2.52. The second kappa shape index (κ2) is 15.2. The highest BCUT2D eigenvalue weighted by Gasteiger charge is 2.59. The maximum Gasteiger partial charge on any atom is 0.738 e. The van der Waals surface area contributed by atoms with E-state index in [1.165, 1.54) is 8.96 Å². The van der Waals surface area contributed by atoms with Gasteiger partial charge in [0.05, 0.1) is 16.7 Å². The summed E-state index contributed by atoms with van der Waals surface area (Å²) in [6, 6.07) is 63.4. The van der Waals surface area contributed by atoms with Gasteiger partial charge in [0.15, 0.2) is 11.4 Å². The molecule has 1 aromatic heterocycles. The first-order chi connectivity index (χ1) is 28.8. The topological polar surface area (TPSA) is 7.94 Å². The van der Waals surface area contributed by atoms with Crippen LogP contribution in [-0.2, 0) is 0 Å². The molecule has 7 aromatic carbocycles. The van der Waals surface area contributed by atoms with E-state index in [4.69, 9.17) is 0 Å². The SMILES string of the molecule is F[B-]1(F)n2c(c(-c3ccc(Br)cc3)c(-c3ccccc3)c2-c2ccccc2)C(c2ccc(Br)cc2)=C2C(c3ccc(Br)cc3)=C(c3ccccc3)C(c3ccccc3)=[N+]21. The van der Waals surface area contributed by atoms with Crippen molar-refractivity contribution in [2.45, 2.75) is 0 Å². The number of hydrogen-bond acceptors (Lipinski definition) is 0. The van der Waals surface area contributed by atoms with Gasteiger partial charge in [0.2, 0.25) is 0 Å². The van der Waals surface area contributed by atoms with Crippen LogP contribution >= 0.6 is 47.8 Å². The zero-order valence-corrected chi connectivity index (χ0v) is 36.1. The van der Waals surface area contributed by atoms with Crippen LogP contribution in [0.2, 0.25) is 0 Å². The van der Waals surface area contributed by atoms with Gasteiger partial charge < -0.3 is 17.6 Å². The monoisotopic (exact) mass is 958 g/mol. The summed E-state index contributed by atoms with van der Waals surface area (Å²) in [7, 11) is 0. The molecule has 8 aromatic rings. The molecule has 3 heterocycles. The first-order valence-electron chi connectivity index (χ1n) is 19.3. The fourth-order valence-corrected chi connectivity index (χ4v) is 9.53. The Morgan fingerprint density at radius 3 is 1.20 bits per heavy atom. The third-order valence-electron chi connectivity index (χ3n) is 11.1. The summed E-state index contributed by atoms with van der Waals surface area (Å²) in [6.07, 6.45) is 0. The predicted octanol–water partition coefficient (Wildman–Crippen LogP) is 14.9. The van der Waals surface area contributed by atoms with Crippen molar-refractivity contribution in [1.82, 2.24) is 4.48 Å². The van der Waals surface area contributed by atoms with Crippen molar-refractivity contribution >= 4 is 77.2 Å². The Hall–Kier alpha value is -5.67. The van der Waals surface area contributed by atoms with Crippen molar-refractivity contribution in [2.75, 3.05) is 0 Å². The largest absolute Gasteiger partial charge is 0.738 e. The van der Waals surface area contributed by atoms with Crippen LogP contribution in [0.1, 0.15) is 27.9 Å². The first-order valence-corrected chi connectivity index (χ1v) is 21.7. The van der Waals surface area contributed by atoms with Crippen LogP contribution in [-0.4, -0.2) is 21.6 Å². The third-order valence-corrected chi connectivity index (χ3v) is 12.7. The Morgan fingerprint density at radius 2 is 0.712 bits per heavy atom. The molecule has 0 N–H and O–H groups in total. The summed E-state index contributed by atoms with van der Waals surface area (Å²) in [5, 5.41) is 0. The molecule has 8 heteroatoms. The molecule has 2 nitrogen and oxygen atoms in total. The normalized spacial score (nSPS) is 14.5. The molecule has 0 saturated heterocycles. The Labute approximate surface area is 367 Å². The van der Waals surface area contributed by atoms with Crippen molar-refractivity contribution in [1.29, 1.82) is 0 Å². The fraction of sp³-hybridized carbons (Fsp3) is 0. The van der Waals surface area contributed by atoms with Gasteiger partial charge in [-0.05, 0) is 81.9 Å². The summed E-state index contributed by atoms with van der Waals surface area (Å²) >= 11 is 11.0. The van der Waals surface area contributed by atoms with Crippen molar-refractivity contribution < 1.29 is 13.1 Å². The number of halogens is 5. The highest BCUT2D eigenvalue weighted by molar-refractivity contribution is 9.11. The Kier molecular flexibility index (Phi) is 9.67. The van der Waals surface area contributed by atoms with Crippen molar-refractivity contribution in [2.24, 2.45) is 0 Å². The summed E-state index contributed by atoms with van der Waals surface area (Å²) in [6.45, 7) is -4.64. The number of fused-ring (bicyclic) bond motifs is 2. The van der Waals surface area contributed by atoms with Gasteiger partial charge in [-0.15, -0.1) is 0 Å². The number of rotatable bonds is 7. The fourth-order valence-electron chi connectivity index (χ4n) is 8.73. The van der Waals surface area contributed by atoms with E-state index >= 15 is 8.63 Å². The van der Waals surface area contributed by atoms with Crippen molar-refractivity contribution in [3.63, 3.8) is 0 Å². The lowest BCUT2D eigenvalue weighted by molar-refractivity contribution is -0.358. The van der Waals surface area contributed by atoms with Crippen LogP contribution in [0.3, 0.4) is 0 Å². The van der Waals surface area contributed by atoms with E-state index < -0.39 is 6.97 Å². The second-order valence-electron chi connectivity index (χ2n) is 14.6. The Morgan fingerprint density at radius 1 is 0.356 bits per heavy atom. The number of nitrogens with zero attached hydrogens (tertiary/aromatic N) is 2. The number of allylic oxidation sites excluding steroid dienone is 2. The van der Waals surface area contributed by atoms with Crippen molar-refractivity contribution in [3.8, 4) is 33.5 Å². The molecular formula is C51H32BBr3F2N2. The second-order valence-corrected chi connectivity index (χ2v) is 17.3. The molecule has 0 amide bonds. The third kappa shape index (κ3) is 6.36. The summed E-state index contributed by atoms with van der Waals surface area (Å²) in [5.41, 5.74) is 11.0. The minimum absolute atomic E-state index is 0.453. The van der Waals surface area contributed by atoms with Gasteiger partial charge in [-0.1, -0.05) is 193 Å². The van der Waals surface area contributed by atoms with Gasteiger partial charge in [0.1, 0.15) is 0 Å². The molecule has 0 fully saturated rings. The Bertz CT molecular complexity index is 2980. The smallest absolute Gasteiger partial charge is 0.389 e. The molecule has 59 heavy (non-hydrogen) atoms. The summed E-state index contributed by atoms with van der Waals surface area (Å²) in [5.74, 6) is 0. The van der Waals surface area contributed by atoms with E-state index in [0.29, 0.717) is 39.5 Å². The van der Waals surface area contributed by atoms with Crippen LogP contribution in [0, 0.1) is 0 Å². The maximum absolute atomic E-state index is 19.4. The van der Waals surface area contributed by atoms with Crippen LogP contribution in [0.25, 0.3) is 50.2 Å². The molecule has 0 unspecified atom stereocenters. The van der Waals surface area contributed by atoms with Gasteiger partial charge in [0, 0.05) is 41.5 Å². The van der Waals surface area contributed by atoms with Crippen LogP contribution in [0.5, 0.6) is 0 Å².